The Morgan fingerprint density at radius 2 is 2.05 bits per heavy atom. The maximum absolute atomic E-state index is 11.7. The summed E-state index contributed by atoms with van der Waals surface area (Å²) in [5.74, 6) is 0.0580. The van der Waals surface area contributed by atoms with Crippen LogP contribution >= 0.6 is 11.8 Å². The van der Waals surface area contributed by atoms with E-state index in [0.29, 0.717) is 17.4 Å². The van der Waals surface area contributed by atoms with Crippen molar-refractivity contribution < 1.29 is 4.79 Å². The zero-order chi connectivity index (χ0) is 14.4. The van der Waals surface area contributed by atoms with Gasteiger partial charge in [0.2, 0.25) is 5.91 Å². The number of rotatable bonds is 5. The fourth-order valence-corrected chi connectivity index (χ4v) is 2.06. The zero-order valence-corrected chi connectivity index (χ0v) is 11.7. The molecule has 0 bridgehead atoms. The molecule has 0 atom stereocenters. The second kappa shape index (κ2) is 6.85. The highest BCUT2D eigenvalue weighted by Gasteiger charge is 2.05. The number of amides is 1. The number of aromatic nitrogens is 3. The van der Waals surface area contributed by atoms with E-state index in [4.69, 9.17) is 0 Å². The van der Waals surface area contributed by atoms with Gasteiger partial charge in [0.15, 0.2) is 5.16 Å². The molecule has 0 saturated carbocycles. The van der Waals surface area contributed by atoms with E-state index in [9.17, 15) is 9.59 Å². The van der Waals surface area contributed by atoms with E-state index in [0.717, 1.165) is 17.3 Å². The van der Waals surface area contributed by atoms with Crippen molar-refractivity contribution in [3.05, 3.63) is 51.9 Å². The monoisotopic (exact) mass is 290 g/mol. The lowest BCUT2D eigenvalue weighted by atomic mass is 10.2. The number of aryl methyl sites for hydroxylation is 1. The topological polar surface area (TPSA) is 87.7 Å². The van der Waals surface area contributed by atoms with Gasteiger partial charge in [0, 0.05) is 6.54 Å². The van der Waals surface area contributed by atoms with E-state index >= 15 is 0 Å². The molecule has 1 aromatic heterocycles. The third-order valence-corrected chi connectivity index (χ3v) is 3.38. The van der Waals surface area contributed by atoms with E-state index in [1.807, 2.05) is 30.3 Å². The highest BCUT2D eigenvalue weighted by atomic mass is 32.2. The van der Waals surface area contributed by atoms with Crippen LogP contribution < -0.4 is 10.9 Å². The van der Waals surface area contributed by atoms with Crippen LogP contribution in [0.1, 0.15) is 11.3 Å². The molecule has 0 aliphatic carbocycles. The van der Waals surface area contributed by atoms with Crippen LogP contribution in [0.2, 0.25) is 0 Å². The van der Waals surface area contributed by atoms with Crippen molar-refractivity contribution >= 4 is 17.7 Å². The number of aromatic amines is 1. The molecular weight excluding hydrogens is 276 g/mol. The first-order valence-electron chi connectivity index (χ1n) is 6.02. The largest absolute Gasteiger partial charge is 0.351 e. The second-order valence-electron chi connectivity index (χ2n) is 4.10. The van der Waals surface area contributed by atoms with Gasteiger partial charge in [-0.15, -0.1) is 10.2 Å². The van der Waals surface area contributed by atoms with Crippen molar-refractivity contribution in [3.63, 3.8) is 0 Å². The molecule has 0 fully saturated rings. The molecule has 20 heavy (non-hydrogen) atoms. The molecule has 1 amide bonds. The summed E-state index contributed by atoms with van der Waals surface area (Å²) in [7, 11) is 0. The van der Waals surface area contributed by atoms with E-state index in [1.165, 1.54) is 0 Å². The molecule has 6 nitrogen and oxygen atoms in total. The van der Waals surface area contributed by atoms with Crippen molar-refractivity contribution in [1.29, 1.82) is 0 Å². The fraction of sp³-hybridized carbons (Fsp3) is 0.231. The maximum Gasteiger partial charge on any atom is 0.273 e. The first kappa shape index (κ1) is 14.3. The highest BCUT2D eigenvalue weighted by molar-refractivity contribution is 7.99. The molecule has 2 rings (SSSR count). The van der Waals surface area contributed by atoms with Gasteiger partial charge in [-0.3, -0.25) is 14.6 Å². The van der Waals surface area contributed by atoms with Crippen LogP contribution in [0.25, 0.3) is 0 Å². The molecule has 2 N–H and O–H groups in total. The third kappa shape index (κ3) is 4.20. The Balaban J connectivity index is 1.80. The number of thioether (sulfide) groups is 1. The van der Waals surface area contributed by atoms with Crippen molar-refractivity contribution in [1.82, 2.24) is 20.5 Å². The minimum Gasteiger partial charge on any atom is -0.351 e. The zero-order valence-electron chi connectivity index (χ0n) is 10.9. The van der Waals surface area contributed by atoms with Crippen LogP contribution in [0.3, 0.4) is 0 Å². The van der Waals surface area contributed by atoms with Gasteiger partial charge in [-0.2, -0.15) is 0 Å². The molecule has 7 heteroatoms. The maximum atomic E-state index is 11.7. The van der Waals surface area contributed by atoms with Crippen molar-refractivity contribution in [3.8, 4) is 0 Å². The number of benzene rings is 1. The molecule has 2 aromatic rings. The lowest BCUT2D eigenvalue weighted by Crippen LogP contribution is -2.25. The second-order valence-corrected chi connectivity index (χ2v) is 5.06. The van der Waals surface area contributed by atoms with Gasteiger partial charge < -0.3 is 5.32 Å². The molecule has 0 unspecified atom stereocenters. The molecular formula is C13H14N4O2S. The molecule has 0 saturated heterocycles. The Bertz CT molecular complexity index is 642. The first-order valence-corrected chi connectivity index (χ1v) is 7.01. The van der Waals surface area contributed by atoms with Crippen molar-refractivity contribution in [2.24, 2.45) is 0 Å². The molecule has 0 radical (unpaired) electrons. The number of nitrogens with zero attached hydrogens (tertiary/aromatic N) is 2. The smallest absolute Gasteiger partial charge is 0.273 e. The van der Waals surface area contributed by atoms with Gasteiger partial charge in [0.05, 0.1) is 5.75 Å². The van der Waals surface area contributed by atoms with Gasteiger partial charge >= 0.3 is 0 Å². The first-order chi connectivity index (χ1) is 9.65. The number of carbonyl (C=O) groups excluding carboxylic acids is 1. The average molecular weight is 290 g/mol. The quantitative estimate of drug-likeness (QED) is 0.798. The average Bonchev–Trinajstić information content (AvgIpc) is 2.47. The van der Waals surface area contributed by atoms with E-state index in [2.05, 4.69) is 20.5 Å². The fourth-order valence-electron chi connectivity index (χ4n) is 1.42. The van der Waals surface area contributed by atoms with Crippen molar-refractivity contribution in [2.45, 2.75) is 18.6 Å². The summed E-state index contributed by atoms with van der Waals surface area (Å²) in [6.45, 7) is 2.06. The van der Waals surface area contributed by atoms with Gasteiger partial charge in [-0.1, -0.05) is 42.1 Å². The standard InChI is InChI=1S/C13H14N4O2S/c1-9-12(19)15-13(17-16-9)20-8-11(18)14-7-10-5-3-2-4-6-10/h2-6H,7-8H2,1H3,(H,14,18)(H,15,17,19). The minimum absolute atomic E-state index is 0.123. The minimum atomic E-state index is -0.285. The normalized spacial score (nSPS) is 10.2. The van der Waals surface area contributed by atoms with Crippen LogP contribution in [-0.2, 0) is 11.3 Å². The Labute approximate surface area is 120 Å². The number of nitrogens with one attached hydrogen (secondary N) is 2. The summed E-state index contributed by atoms with van der Waals surface area (Å²) in [5.41, 5.74) is 1.06. The van der Waals surface area contributed by atoms with Gasteiger partial charge in [-0.25, -0.2) is 0 Å². The lowest BCUT2D eigenvalue weighted by Gasteiger charge is -2.04. The predicted octanol–water partition coefficient (Wildman–Crippen LogP) is 0.882. The molecule has 1 heterocycles. The summed E-state index contributed by atoms with van der Waals surface area (Å²) >= 11 is 1.15. The predicted molar refractivity (Wildman–Crippen MR) is 76.4 cm³/mol. The Morgan fingerprint density at radius 1 is 1.30 bits per heavy atom. The molecule has 104 valence electrons. The van der Waals surface area contributed by atoms with E-state index in [-0.39, 0.29) is 17.2 Å². The van der Waals surface area contributed by atoms with Crippen LogP contribution in [0.15, 0.2) is 40.3 Å². The van der Waals surface area contributed by atoms with Crippen LogP contribution in [0, 0.1) is 6.92 Å². The summed E-state index contributed by atoms with van der Waals surface area (Å²) in [5, 5.41) is 10.6. The summed E-state index contributed by atoms with van der Waals surface area (Å²) in [6.07, 6.45) is 0. The van der Waals surface area contributed by atoms with Crippen LogP contribution in [0.4, 0.5) is 0 Å². The van der Waals surface area contributed by atoms with Gasteiger partial charge in [0.1, 0.15) is 5.69 Å². The van der Waals surface area contributed by atoms with E-state index in [1.54, 1.807) is 6.92 Å². The highest BCUT2D eigenvalue weighted by Crippen LogP contribution is 2.08. The van der Waals surface area contributed by atoms with Crippen LogP contribution in [-0.4, -0.2) is 26.8 Å². The molecule has 0 aliphatic rings. The number of hydrogen-bond acceptors (Lipinski definition) is 5. The SMILES string of the molecule is Cc1nnc(SCC(=O)NCc2ccccc2)[nH]c1=O. The summed E-state index contributed by atoms with van der Waals surface area (Å²) in [4.78, 5) is 25.6. The number of hydrogen-bond donors (Lipinski definition) is 2. The van der Waals surface area contributed by atoms with Gasteiger partial charge in [0.25, 0.3) is 5.56 Å². The van der Waals surface area contributed by atoms with Gasteiger partial charge in [-0.05, 0) is 12.5 Å². The molecule has 0 aliphatic heterocycles. The van der Waals surface area contributed by atoms with E-state index < -0.39 is 0 Å². The van der Waals surface area contributed by atoms with Crippen LogP contribution in [0.5, 0.6) is 0 Å². The van der Waals surface area contributed by atoms with Crippen molar-refractivity contribution in [2.75, 3.05) is 5.75 Å². The lowest BCUT2D eigenvalue weighted by molar-refractivity contribution is -0.118. The Hall–Kier alpha value is -2.15. The third-order valence-electron chi connectivity index (χ3n) is 2.51. The Kier molecular flexibility index (Phi) is 4.89. The number of H-pyrrole nitrogens is 1. The summed E-state index contributed by atoms with van der Waals surface area (Å²) in [6, 6.07) is 9.64. The number of carbonyl (C=O) groups is 1. The summed E-state index contributed by atoms with van der Waals surface area (Å²) < 4.78 is 0. The Morgan fingerprint density at radius 3 is 2.75 bits per heavy atom. The molecule has 0 spiro atoms. The molecule has 1 aromatic carbocycles.